The average molecular weight is 231 g/mol. The van der Waals surface area contributed by atoms with Crippen LogP contribution in [-0.2, 0) is 6.42 Å². The Morgan fingerprint density at radius 2 is 2.08 bits per heavy atom. The van der Waals surface area contributed by atoms with E-state index >= 15 is 0 Å². The van der Waals surface area contributed by atoms with Crippen LogP contribution in [-0.4, -0.2) is 6.67 Å². The van der Waals surface area contributed by atoms with E-state index in [1.807, 2.05) is 12.1 Å². The predicted octanol–water partition coefficient (Wildman–Crippen LogP) is 3.74. The molecule has 0 spiro atoms. The monoisotopic (exact) mass is 230 g/mol. The minimum Gasteiger partial charge on any atom is -0.251 e. The third-order valence-corrected chi connectivity index (χ3v) is 2.23. The first-order chi connectivity index (χ1) is 5.83. The van der Waals surface area contributed by atoms with Gasteiger partial charge in [0.25, 0.3) is 0 Å². The van der Waals surface area contributed by atoms with Crippen molar-refractivity contribution >= 4 is 15.9 Å². The van der Waals surface area contributed by atoms with Crippen molar-refractivity contribution in [3.63, 3.8) is 0 Å². The molecule has 0 aliphatic carbocycles. The highest BCUT2D eigenvalue weighted by Gasteiger charge is 1.93. The molecule has 0 heterocycles. The van der Waals surface area contributed by atoms with Crippen molar-refractivity contribution in [3.8, 4) is 0 Å². The molecule has 0 amide bonds. The van der Waals surface area contributed by atoms with Gasteiger partial charge in [-0.1, -0.05) is 28.1 Å². The van der Waals surface area contributed by atoms with E-state index in [9.17, 15) is 4.39 Å². The van der Waals surface area contributed by atoms with Crippen LogP contribution in [0.3, 0.4) is 0 Å². The average Bonchev–Trinajstić information content (AvgIpc) is 2.05. The van der Waals surface area contributed by atoms with Crippen molar-refractivity contribution in [1.29, 1.82) is 0 Å². The Labute approximate surface area is 80.9 Å². The number of halogens is 2. The minimum absolute atomic E-state index is 0.200. The van der Waals surface area contributed by atoms with Crippen molar-refractivity contribution in [2.75, 3.05) is 6.67 Å². The molecule has 0 nitrogen and oxygen atoms in total. The maximum absolute atomic E-state index is 11.8. The van der Waals surface area contributed by atoms with Crippen LogP contribution in [0, 0.1) is 0 Å². The standard InChI is InChI=1S/C10H12BrF/c11-10-6-3-5-9(8-10)4-1-2-7-12/h3,5-6,8H,1-2,4,7H2. The first kappa shape index (κ1) is 9.72. The van der Waals surface area contributed by atoms with Gasteiger partial charge in [0.15, 0.2) is 0 Å². The number of rotatable bonds is 4. The van der Waals surface area contributed by atoms with Crippen LogP contribution in [0.1, 0.15) is 18.4 Å². The van der Waals surface area contributed by atoms with Gasteiger partial charge in [-0.15, -0.1) is 0 Å². The van der Waals surface area contributed by atoms with Crippen LogP contribution in [0.15, 0.2) is 28.7 Å². The molecule has 1 rings (SSSR count). The molecular formula is C10H12BrF. The second-order valence-electron chi connectivity index (χ2n) is 2.78. The molecule has 0 saturated carbocycles. The summed E-state index contributed by atoms with van der Waals surface area (Å²) in [5.74, 6) is 0. The van der Waals surface area contributed by atoms with Crippen LogP contribution in [0.5, 0.6) is 0 Å². The van der Waals surface area contributed by atoms with Gasteiger partial charge in [-0.2, -0.15) is 0 Å². The van der Waals surface area contributed by atoms with Crippen LogP contribution < -0.4 is 0 Å². The SMILES string of the molecule is FCCCCc1cccc(Br)c1. The van der Waals surface area contributed by atoms with Gasteiger partial charge in [0.1, 0.15) is 0 Å². The van der Waals surface area contributed by atoms with Gasteiger partial charge >= 0.3 is 0 Å². The van der Waals surface area contributed by atoms with Gasteiger partial charge < -0.3 is 0 Å². The fourth-order valence-corrected chi connectivity index (χ4v) is 1.56. The molecule has 0 fully saturated rings. The number of unbranched alkanes of at least 4 members (excludes halogenated alkanes) is 1. The fraction of sp³-hybridized carbons (Fsp3) is 0.400. The number of hydrogen-bond acceptors (Lipinski definition) is 0. The van der Waals surface area contributed by atoms with Crippen LogP contribution in [0.2, 0.25) is 0 Å². The molecule has 0 atom stereocenters. The highest BCUT2D eigenvalue weighted by Crippen LogP contribution is 2.13. The normalized spacial score (nSPS) is 10.2. The third-order valence-electron chi connectivity index (χ3n) is 1.74. The van der Waals surface area contributed by atoms with Crippen LogP contribution >= 0.6 is 15.9 Å². The lowest BCUT2D eigenvalue weighted by molar-refractivity contribution is 0.462. The van der Waals surface area contributed by atoms with Crippen molar-refractivity contribution in [3.05, 3.63) is 34.3 Å². The second kappa shape index (κ2) is 5.31. The number of benzene rings is 1. The van der Waals surface area contributed by atoms with Crippen molar-refractivity contribution in [2.24, 2.45) is 0 Å². The number of aryl methyl sites for hydroxylation is 1. The Bertz CT molecular complexity index is 235. The zero-order valence-corrected chi connectivity index (χ0v) is 8.48. The van der Waals surface area contributed by atoms with Crippen molar-refractivity contribution < 1.29 is 4.39 Å². The summed E-state index contributed by atoms with van der Waals surface area (Å²) < 4.78 is 12.9. The molecule has 0 radical (unpaired) electrons. The smallest absolute Gasteiger partial charge is 0.0894 e. The summed E-state index contributed by atoms with van der Waals surface area (Å²) >= 11 is 3.40. The molecule has 66 valence electrons. The van der Waals surface area contributed by atoms with E-state index in [0.29, 0.717) is 6.42 Å². The highest BCUT2D eigenvalue weighted by atomic mass is 79.9. The third kappa shape index (κ3) is 3.35. The molecule has 0 aliphatic rings. The Morgan fingerprint density at radius 3 is 2.75 bits per heavy atom. The lowest BCUT2D eigenvalue weighted by atomic mass is 10.1. The van der Waals surface area contributed by atoms with E-state index in [0.717, 1.165) is 17.3 Å². The first-order valence-corrected chi connectivity index (χ1v) is 4.92. The number of hydrogen-bond donors (Lipinski definition) is 0. The van der Waals surface area contributed by atoms with E-state index in [4.69, 9.17) is 0 Å². The van der Waals surface area contributed by atoms with Gasteiger partial charge in [-0.3, -0.25) is 4.39 Å². The lowest BCUT2D eigenvalue weighted by Gasteiger charge is -1.99. The van der Waals surface area contributed by atoms with Crippen molar-refractivity contribution in [1.82, 2.24) is 0 Å². The van der Waals surface area contributed by atoms with E-state index in [-0.39, 0.29) is 6.67 Å². The minimum atomic E-state index is -0.200. The molecule has 0 unspecified atom stereocenters. The molecule has 0 saturated heterocycles. The quantitative estimate of drug-likeness (QED) is 0.692. The molecule has 0 bridgehead atoms. The largest absolute Gasteiger partial charge is 0.251 e. The fourth-order valence-electron chi connectivity index (χ4n) is 1.12. The predicted molar refractivity (Wildman–Crippen MR) is 53.1 cm³/mol. The summed E-state index contributed by atoms with van der Waals surface area (Å²) in [5, 5.41) is 0. The molecule has 0 aliphatic heterocycles. The lowest BCUT2D eigenvalue weighted by Crippen LogP contribution is -1.86. The van der Waals surface area contributed by atoms with E-state index in [2.05, 4.69) is 28.1 Å². The van der Waals surface area contributed by atoms with Gasteiger partial charge in [0, 0.05) is 4.47 Å². The molecular weight excluding hydrogens is 219 g/mol. The van der Waals surface area contributed by atoms with E-state index < -0.39 is 0 Å². The Kier molecular flexibility index (Phi) is 4.30. The van der Waals surface area contributed by atoms with Gasteiger partial charge in [0.05, 0.1) is 6.67 Å². The molecule has 12 heavy (non-hydrogen) atoms. The van der Waals surface area contributed by atoms with Gasteiger partial charge in [-0.25, -0.2) is 0 Å². The summed E-state index contributed by atoms with van der Waals surface area (Å²) in [4.78, 5) is 0. The summed E-state index contributed by atoms with van der Waals surface area (Å²) in [6.45, 7) is -0.200. The topological polar surface area (TPSA) is 0 Å². The van der Waals surface area contributed by atoms with E-state index in [1.54, 1.807) is 0 Å². The molecule has 0 N–H and O–H groups in total. The number of alkyl halides is 1. The van der Waals surface area contributed by atoms with Crippen LogP contribution in [0.4, 0.5) is 4.39 Å². The summed E-state index contributed by atoms with van der Waals surface area (Å²) in [6, 6.07) is 8.16. The molecule has 0 aromatic heterocycles. The maximum atomic E-state index is 11.8. The zero-order valence-electron chi connectivity index (χ0n) is 6.89. The van der Waals surface area contributed by atoms with Gasteiger partial charge in [0.2, 0.25) is 0 Å². The molecule has 1 aromatic rings. The molecule has 1 aromatic carbocycles. The summed E-state index contributed by atoms with van der Waals surface area (Å²) in [7, 11) is 0. The maximum Gasteiger partial charge on any atom is 0.0894 e. The first-order valence-electron chi connectivity index (χ1n) is 4.13. The Morgan fingerprint density at radius 1 is 1.25 bits per heavy atom. The van der Waals surface area contributed by atoms with Crippen LogP contribution in [0.25, 0.3) is 0 Å². The highest BCUT2D eigenvalue weighted by molar-refractivity contribution is 9.10. The molecule has 2 heteroatoms. The Balaban J connectivity index is 2.41. The summed E-state index contributed by atoms with van der Waals surface area (Å²) in [6.07, 6.45) is 2.59. The second-order valence-corrected chi connectivity index (χ2v) is 3.69. The summed E-state index contributed by atoms with van der Waals surface area (Å²) in [5.41, 5.74) is 1.28. The van der Waals surface area contributed by atoms with Crippen molar-refractivity contribution in [2.45, 2.75) is 19.3 Å². The van der Waals surface area contributed by atoms with E-state index in [1.165, 1.54) is 5.56 Å². The van der Waals surface area contributed by atoms with Gasteiger partial charge in [-0.05, 0) is 37.0 Å². The zero-order chi connectivity index (χ0) is 8.81. The Hall–Kier alpha value is -0.370.